The van der Waals surface area contributed by atoms with Crippen molar-refractivity contribution in [2.75, 3.05) is 49.1 Å². The zero-order valence-electron chi connectivity index (χ0n) is 23.3. The second-order valence-electron chi connectivity index (χ2n) is 11.1. The zero-order chi connectivity index (χ0) is 29.6. The number of aromatic nitrogens is 4. The van der Waals surface area contributed by atoms with Crippen LogP contribution >= 0.6 is 0 Å². The Kier molecular flexibility index (Phi) is 7.23. The van der Waals surface area contributed by atoms with Gasteiger partial charge in [0, 0.05) is 49.6 Å². The van der Waals surface area contributed by atoms with Crippen molar-refractivity contribution >= 4 is 28.4 Å². The average Bonchev–Trinajstić information content (AvgIpc) is 3.61. The molecule has 0 spiro atoms. The van der Waals surface area contributed by atoms with Crippen LogP contribution in [-0.2, 0) is 5.60 Å². The second kappa shape index (κ2) is 10.9. The van der Waals surface area contributed by atoms with E-state index in [2.05, 4.69) is 25.0 Å². The zero-order valence-corrected chi connectivity index (χ0v) is 23.3. The van der Waals surface area contributed by atoms with Crippen molar-refractivity contribution in [3.05, 3.63) is 60.0 Å². The first-order valence-corrected chi connectivity index (χ1v) is 13.9. The van der Waals surface area contributed by atoms with Gasteiger partial charge in [0.2, 0.25) is 0 Å². The highest BCUT2D eigenvalue weighted by molar-refractivity contribution is 6.00. The summed E-state index contributed by atoms with van der Waals surface area (Å²) in [5.41, 5.74) is 0.218. The third kappa shape index (κ3) is 5.13. The smallest absolute Gasteiger partial charge is 0.324 e. The SMILES string of the molecule is CC(C)(O)c1nc(C2CCN(c3ncnc4c(-c5ccc(N6CCN(CCO)C6=O)c(F)c5)cc(F)cc34)CC2)no1. The van der Waals surface area contributed by atoms with E-state index in [-0.39, 0.29) is 36.7 Å². The number of hydrogen-bond acceptors (Lipinski definition) is 9. The molecule has 2 aromatic heterocycles. The predicted octanol–water partition coefficient (Wildman–Crippen LogP) is 3.80. The molecule has 2 aliphatic heterocycles. The molecule has 220 valence electrons. The van der Waals surface area contributed by atoms with Crippen LogP contribution in [0.3, 0.4) is 0 Å². The molecule has 0 unspecified atom stereocenters. The summed E-state index contributed by atoms with van der Waals surface area (Å²) in [5.74, 6) is 0.220. The van der Waals surface area contributed by atoms with Gasteiger partial charge in [-0.15, -0.1) is 0 Å². The van der Waals surface area contributed by atoms with Crippen LogP contribution in [0.15, 0.2) is 41.2 Å². The van der Waals surface area contributed by atoms with Crippen LogP contribution in [0.2, 0.25) is 0 Å². The van der Waals surface area contributed by atoms with Crippen molar-refractivity contribution in [1.82, 2.24) is 25.0 Å². The van der Waals surface area contributed by atoms with E-state index in [1.165, 1.54) is 40.4 Å². The highest BCUT2D eigenvalue weighted by atomic mass is 19.1. The largest absolute Gasteiger partial charge is 0.395 e. The molecule has 6 rings (SSSR count). The summed E-state index contributed by atoms with van der Waals surface area (Å²) >= 11 is 0. The lowest BCUT2D eigenvalue weighted by molar-refractivity contribution is 0.0420. The number of amides is 2. The summed E-state index contributed by atoms with van der Waals surface area (Å²) in [6, 6.07) is 6.78. The molecule has 11 nitrogen and oxygen atoms in total. The number of fused-ring (bicyclic) bond motifs is 1. The van der Waals surface area contributed by atoms with Crippen LogP contribution in [0, 0.1) is 11.6 Å². The van der Waals surface area contributed by atoms with Gasteiger partial charge in [-0.3, -0.25) is 4.90 Å². The number of carbonyl (C=O) groups excluding carboxylic acids is 1. The van der Waals surface area contributed by atoms with Crippen molar-refractivity contribution in [2.24, 2.45) is 0 Å². The summed E-state index contributed by atoms with van der Waals surface area (Å²) in [6.45, 7) is 5.10. The number of β-amino-alcohol motifs (C(OH)–C–C–N with tert-alkyl or cyclic N) is 1. The monoisotopic (exact) mass is 579 g/mol. The van der Waals surface area contributed by atoms with Crippen LogP contribution in [0.5, 0.6) is 0 Å². The maximum absolute atomic E-state index is 15.4. The standard InChI is InChI=1S/C29H31F2N7O4/c1-29(2,41)27-34-25(35-42-27)17-5-7-36(8-6-17)26-21-15-19(30)14-20(24(21)32-16-33-26)18-3-4-23(22(31)13-18)38-10-9-37(11-12-39)28(38)40/h3-4,13-17,39,41H,5-12H2,1-2H3. The molecular weight excluding hydrogens is 548 g/mol. The van der Waals surface area contributed by atoms with Crippen LogP contribution in [0.1, 0.15) is 44.3 Å². The Balaban J connectivity index is 1.26. The molecule has 0 radical (unpaired) electrons. The Morgan fingerprint density at radius 1 is 1.07 bits per heavy atom. The minimum absolute atomic E-state index is 0.0428. The number of anilines is 2. The van der Waals surface area contributed by atoms with Crippen molar-refractivity contribution < 1.29 is 28.3 Å². The summed E-state index contributed by atoms with van der Waals surface area (Å²) in [7, 11) is 0. The molecule has 2 saturated heterocycles. The molecule has 0 saturated carbocycles. The fourth-order valence-corrected chi connectivity index (χ4v) is 5.62. The molecule has 2 aliphatic rings. The lowest BCUT2D eigenvalue weighted by atomic mass is 9.95. The Morgan fingerprint density at radius 3 is 2.55 bits per heavy atom. The molecule has 0 aliphatic carbocycles. The van der Waals surface area contributed by atoms with Gasteiger partial charge in [-0.1, -0.05) is 11.2 Å². The lowest BCUT2D eigenvalue weighted by Gasteiger charge is -2.32. The molecule has 2 aromatic carbocycles. The van der Waals surface area contributed by atoms with Gasteiger partial charge in [0.05, 0.1) is 17.8 Å². The number of aliphatic hydroxyl groups excluding tert-OH is 1. The Morgan fingerprint density at radius 2 is 1.86 bits per heavy atom. The third-order valence-corrected chi connectivity index (χ3v) is 7.82. The van der Waals surface area contributed by atoms with Gasteiger partial charge in [-0.05, 0) is 56.5 Å². The first-order chi connectivity index (χ1) is 20.1. The van der Waals surface area contributed by atoms with Gasteiger partial charge in [0.1, 0.15) is 29.4 Å². The first kappa shape index (κ1) is 27.9. The molecule has 13 heteroatoms. The summed E-state index contributed by atoms with van der Waals surface area (Å²) < 4.78 is 35.6. The average molecular weight is 580 g/mol. The normalized spacial score (nSPS) is 16.7. The Bertz CT molecular complexity index is 1630. The van der Waals surface area contributed by atoms with Crippen molar-refractivity contribution in [2.45, 2.75) is 38.2 Å². The van der Waals surface area contributed by atoms with Crippen LogP contribution < -0.4 is 9.80 Å². The van der Waals surface area contributed by atoms with E-state index in [1.807, 2.05) is 0 Å². The topological polar surface area (TPSA) is 132 Å². The number of urea groups is 1. The van der Waals surface area contributed by atoms with Gasteiger partial charge < -0.3 is 24.5 Å². The number of nitrogens with zero attached hydrogens (tertiary/aromatic N) is 7. The maximum atomic E-state index is 15.4. The minimum atomic E-state index is -1.22. The number of halogens is 2. The summed E-state index contributed by atoms with van der Waals surface area (Å²) in [4.78, 5) is 30.8. The van der Waals surface area contributed by atoms with E-state index in [4.69, 9.17) is 9.63 Å². The number of hydrogen-bond donors (Lipinski definition) is 2. The molecule has 0 atom stereocenters. The van der Waals surface area contributed by atoms with Gasteiger partial charge in [0.15, 0.2) is 5.82 Å². The molecule has 2 fully saturated rings. The van der Waals surface area contributed by atoms with E-state index < -0.39 is 17.2 Å². The molecule has 4 heterocycles. The second-order valence-corrected chi connectivity index (χ2v) is 11.1. The third-order valence-electron chi connectivity index (χ3n) is 7.82. The van der Waals surface area contributed by atoms with Crippen LogP contribution in [-0.4, -0.2) is 80.6 Å². The van der Waals surface area contributed by atoms with Gasteiger partial charge >= 0.3 is 6.03 Å². The van der Waals surface area contributed by atoms with E-state index in [1.54, 1.807) is 19.9 Å². The van der Waals surface area contributed by atoms with Crippen molar-refractivity contribution in [1.29, 1.82) is 0 Å². The molecule has 0 bridgehead atoms. The number of carbonyl (C=O) groups is 1. The van der Waals surface area contributed by atoms with Gasteiger partial charge in [0.25, 0.3) is 5.89 Å². The van der Waals surface area contributed by atoms with Crippen LogP contribution in [0.25, 0.3) is 22.0 Å². The predicted molar refractivity (Wildman–Crippen MR) is 150 cm³/mol. The molecule has 2 amide bonds. The number of aliphatic hydroxyl groups is 2. The fourth-order valence-electron chi connectivity index (χ4n) is 5.62. The number of benzene rings is 2. The van der Waals surface area contributed by atoms with Crippen molar-refractivity contribution in [3.63, 3.8) is 0 Å². The van der Waals surface area contributed by atoms with E-state index in [9.17, 15) is 9.90 Å². The van der Waals surface area contributed by atoms with Crippen LogP contribution in [0.4, 0.5) is 25.1 Å². The van der Waals surface area contributed by atoms with Gasteiger partial charge in [-0.25, -0.2) is 23.5 Å². The quantitative estimate of drug-likeness (QED) is 0.336. The van der Waals surface area contributed by atoms with Crippen molar-refractivity contribution in [3.8, 4) is 11.1 Å². The molecule has 42 heavy (non-hydrogen) atoms. The van der Waals surface area contributed by atoms with E-state index in [0.29, 0.717) is 72.7 Å². The first-order valence-electron chi connectivity index (χ1n) is 13.9. The Labute approximate surface area is 240 Å². The van der Waals surface area contributed by atoms with Gasteiger partial charge in [-0.2, -0.15) is 4.98 Å². The highest BCUT2D eigenvalue weighted by Crippen LogP contribution is 2.37. The number of rotatable bonds is 7. The fraction of sp³-hybridized carbons (Fsp3) is 0.414. The van der Waals surface area contributed by atoms with E-state index >= 15 is 8.78 Å². The van der Waals surface area contributed by atoms with E-state index in [0.717, 1.165) is 0 Å². The summed E-state index contributed by atoms with van der Waals surface area (Å²) in [6.07, 6.45) is 2.83. The molecule has 2 N–H and O–H groups in total. The number of piperidine rings is 1. The minimum Gasteiger partial charge on any atom is -0.395 e. The molecule has 4 aromatic rings. The summed E-state index contributed by atoms with van der Waals surface area (Å²) in [5, 5.41) is 23.9. The lowest BCUT2D eigenvalue weighted by Crippen LogP contribution is -2.34. The Hall–Kier alpha value is -4.23. The maximum Gasteiger partial charge on any atom is 0.324 e. The highest BCUT2D eigenvalue weighted by Gasteiger charge is 2.32. The molecular formula is C29H31F2N7O4.